The average molecular weight is 339 g/mol. The van der Waals surface area contributed by atoms with Crippen molar-refractivity contribution in [2.75, 3.05) is 0 Å². The molecule has 1 unspecified atom stereocenters. The molecule has 0 saturated carbocycles. The molecule has 24 heavy (non-hydrogen) atoms. The molecule has 1 atom stereocenters. The highest BCUT2D eigenvalue weighted by Crippen LogP contribution is 2.34. The Hall–Kier alpha value is -2.60. The Morgan fingerprint density at radius 2 is 1.71 bits per heavy atom. The van der Waals surface area contributed by atoms with Crippen molar-refractivity contribution in [3.63, 3.8) is 0 Å². The van der Waals surface area contributed by atoms with E-state index in [1.54, 1.807) is 0 Å². The van der Waals surface area contributed by atoms with E-state index in [2.05, 4.69) is 10.2 Å². The summed E-state index contributed by atoms with van der Waals surface area (Å²) in [6.07, 6.45) is 0. The SMILES string of the molecule is Cc1nnc(SC(C(=O)O)c2ccccc2)n1Cc1ccccc1. The molecule has 0 aliphatic heterocycles. The highest BCUT2D eigenvalue weighted by Gasteiger charge is 2.24. The minimum atomic E-state index is -0.891. The third-order valence-electron chi connectivity index (χ3n) is 3.64. The highest BCUT2D eigenvalue weighted by atomic mass is 32.2. The summed E-state index contributed by atoms with van der Waals surface area (Å²) in [6, 6.07) is 19.2. The van der Waals surface area contributed by atoms with Gasteiger partial charge in [0.25, 0.3) is 0 Å². The van der Waals surface area contributed by atoms with Crippen LogP contribution in [-0.4, -0.2) is 25.8 Å². The van der Waals surface area contributed by atoms with Gasteiger partial charge in [-0.15, -0.1) is 10.2 Å². The number of carboxylic acid groups (broad SMARTS) is 1. The van der Waals surface area contributed by atoms with Crippen molar-refractivity contribution in [1.82, 2.24) is 14.8 Å². The van der Waals surface area contributed by atoms with Crippen LogP contribution in [0.1, 0.15) is 22.2 Å². The van der Waals surface area contributed by atoms with Crippen molar-refractivity contribution in [2.24, 2.45) is 0 Å². The molecule has 3 aromatic rings. The monoisotopic (exact) mass is 339 g/mol. The minimum Gasteiger partial charge on any atom is -0.480 e. The molecule has 3 rings (SSSR count). The molecule has 2 aromatic carbocycles. The maximum atomic E-state index is 11.7. The van der Waals surface area contributed by atoms with Gasteiger partial charge in [-0.2, -0.15) is 0 Å². The fourth-order valence-corrected chi connectivity index (χ4v) is 3.41. The van der Waals surface area contributed by atoms with Gasteiger partial charge >= 0.3 is 5.97 Å². The standard InChI is InChI=1S/C18H17N3O2S/c1-13-19-20-18(21(13)12-14-8-4-2-5-9-14)24-16(17(22)23)15-10-6-3-7-11-15/h2-11,16H,12H2,1H3,(H,22,23). The number of hydrogen-bond acceptors (Lipinski definition) is 4. The number of carboxylic acids is 1. The Labute approximate surface area is 144 Å². The van der Waals surface area contributed by atoms with E-state index in [1.165, 1.54) is 11.8 Å². The fourth-order valence-electron chi connectivity index (χ4n) is 2.39. The van der Waals surface area contributed by atoms with Crippen LogP contribution in [0, 0.1) is 6.92 Å². The third kappa shape index (κ3) is 3.65. The predicted molar refractivity (Wildman–Crippen MR) is 93.0 cm³/mol. The van der Waals surface area contributed by atoms with Gasteiger partial charge in [-0.1, -0.05) is 72.4 Å². The second-order valence-corrected chi connectivity index (χ2v) is 6.42. The Kier molecular flexibility index (Phi) is 4.96. The zero-order valence-electron chi connectivity index (χ0n) is 13.2. The molecule has 122 valence electrons. The summed E-state index contributed by atoms with van der Waals surface area (Å²) in [5.74, 6) is -0.128. The lowest BCUT2D eigenvalue weighted by Gasteiger charge is -2.13. The molecule has 1 N–H and O–H groups in total. The first kappa shape index (κ1) is 16.3. The highest BCUT2D eigenvalue weighted by molar-refractivity contribution is 8.00. The topological polar surface area (TPSA) is 68.0 Å². The molecule has 0 aliphatic carbocycles. The molecule has 0 amide bonds. The summed E-state index contributed by atoms with van der Waals surface area (Å²) in [7, 11) is 0. The number of aliphatic carboxylic acids is 1. The van der Waals surface area contributed by atoms with Gasteiger partial charge in [0.1, 0.15) is 11.1 Å². The summed E-state index contributed by atoms with van der Waals surface area (Å²) in [4.78, 5) is 11.7. The van der Waals surface area contributed by atoms with Gasteiger partial charge in [-0.25, -0.2) is 0 Å². The van der Waals surface area contributed by atoms with Crippen LogP contribution in [0.5, 0.6) is 0 Å². The van der Waals surface area contributed by atoms with Crippen molar-refractivity contribution in [3.05, 3.63) is 77.6 Å². The van der Waals surface area contributed by atoms with Crippen LogP contribution < -0.4 is 0 Å². The number of aryl methyl sites for hydroxylation is 1. The second-order valence-electron chi connectivity index (χ2n) is 5.35. The maximum absolute atomic E-state index is 11.7. The second kappa shape index (κ2) is 7.31. The molecule has 0 saturated heterocycles. The molecule has 0 aliphatic rings. The van der Waals surface area contributed by atoms with Gasteiger partial charge in [-0.3, -0.25) is 4.79 Å². The van der Waals surface area contributed by atoms with Gasteiger partial charge in [0, 0.05) is 0 Å². The number of thioether (sulfide) groups is 1. The van der Waals surface area contributed by atoms with Crippen LogP contribution in [0.4, 0.5) is 0 Å². The van der Waals surface area contributed by atoms with Crippen LogP contribution in [-0.2, 0) is 11.3 Å². The number of hydrogen-bond donors (Lipinski definition) is 1. The van der Waals surface area contributed by atoms with Crippen molar-refractivity contribution >= 4 is 17.7 Å². The Bertz CT molecular complexity index is 819. The van der Waals surface area contributed by atoms with E-state index >= 15 is 0 Å². The average Bonchev–Trinajstić information content (AvgIpc) is 2.94. The van der Waals surface area contributed by atoms with E-state index in [9.17, 15) is 9.90 Å². The van der Waals surface area contributed by atoms with E-state index in [-0.39, 0.29) is 0 Å². The molecule has 1 aromatic heterocycles. The first-order chi connectivity index (χ1) is 11.6. The molecular formula is C18H17N3O2S. The van der Waals surface area contributed by atoms with Crippen molar-refractivity contribution < 1.29 is 9.90 Å². The van der Waals surface area contributed by atoms with Crippen LogP contribution in [0.25, 0.3) is 0 Å². The van der Waals surface area contributed by atoms with Gasteiger partial charge < -0.3 is 9.67 Å². The van der Waals surface area contributed by atoms with E-state index in [4.69, 9.17) is 0 Å². The Balaban J connectivity index is 1.88. The zero-order chi connectivity index (χ0) is 16.9. The number of aromatic nitrogens is 3. The van der Waals surface area contributed by atoms with E-state index in [1.807, 2.05) is 72.2 Å². The van der Waals surface area contributed by atoms with Gasteiger partial charge in [0.2, 0.25) is 0 Å². The van der Waals surface area contributed by atoms with Crippen LogP contribution in [0.15, 0.2) is 65.8 Å². The zero-order valence-corrected chi connectivity index (χ0v) is 14.0. The largest absolute Gasteiger partial charge is 0.480 e. The fraction of sp³-hybridized carbons (Fsp3) is 0.167. The van der Waals surface area contributed by atoms with E-state index in [0.717, 1.165) is 17.0 Å². The van der Waals surface area contributed by atoms with Crippen LogP contribution in [0.2, 0.25) is 0 Å². The first-order valence-corrected chi connectivity index (χ1v) is 8.41. The lowest BCUT2D eigenvalue weighted by atomic mass is 10.1. The van der Waals surface area contributed by atoms with Crippen molar-refractivity contribution in [1.29, 1.82) is 0 Å². The van der Waals surface area contributed by atoms with Crippen LogP contribution in [0.3, 0.4) is 0 Å². The minimum absolute atomic E-state index is 0.604. The Morgan fingerprint density at radius 3 is 2.33 bits per heavy atom. The number of nitrogens with zero attached hydrogens (tertiary/aromatic N) is 3. The quantitative estimate of drug-likeness (QED) is 0.696. The van der Waals surface area contributed by atoms with Crippen LogP contribution >= 0.6 is 11.8 Å². The molecule has 0 bridgehead atoms. The molecule has 0 spiro atoms. The normalized spacial score (nSPS) is 12.0. The number of carbonyl (C=O) groups is 1. The van der Waals surface area contributed by atoms with Gasteiger partial charge in [0.05, 0.1) is 6.54 Å². The van der Waals surface area contributed by atoms with Gasteiger partial charge in [-0.05, 0) is 18.1 Å². The summed E-state index contributed by atoms with van der Waals surface area (Å²) >= 11 is 1.21. The lowest BCUT2D eigenvalue weighted by molar-refractivity contribution is -0.136. The number of benzene rings is 2. The maximum Gasteiger partial charge on any atom is 0.321 e. The molecule has 5 nitrogen and oxygen atoms in total. The predicted octanol–water partition coefficient (Wildman–Crippen LogP) is 3.55. The summed E-state index contributed by atoms with van der Waals surface area (Å²) < 4.78 is 1.94. The summed E-state index contributed by atoms with van der Waals surface area (Å²) in [5, 5.41) is 17.8. The van der Waals surface area contributed by atoms with Gasteiger partial charge in [0.15, 0.2) is 5.16 Å². The smallest absolute Gasteiger partial charge is 0.321 e. The van der Waals surface area contributed by atoms with Crippen molar-refractivity contribution in [3.8, 4) is 0 Å². The summed E-state index contributed by atoms with van der Waals surface area (Å²) in [6.45, 7) is 2.49. The molecule has 6 heteroatoms. The third-order valence-corrected chi connectivity index (χ3v) is 4.86. The van der Waals surface area contributed by atoms with Crippen molar-refractivity contribution in [2.45, 2.75) is 23.9 Å². The Morgan fingerprint density at radius 1 is 1.08 bits per heavy atom. The number of rotatable bonds is 6. The molecular weight excluding hydrogens is 322 g/mol. The molecule has 0 radical (unpaired) electrons. The molecule has 1 heterocycles. The van der Waals surface area contributed by atoms with E-state index < -0.39 is 11.2 Å². The molecule has 0 fully saturated rings. The lowest BCUT2D eigenvalue weighted by Crippen LogP contribution is -2.10. The first-order valence-electron chi connectivity index (χ1n) is 7.53. The van der Waals surface area contributed by atoms with E-state index in [0.29, 0.717) is 11.7 Å². The summed E-state index contributed by atoms with van der Waals surface area (Å²) in [5.41, 5.74) is 1.86.